The molecule has 2 aliphatic rings. The van der Waals surface area contributed by atoms with Gasteiger partial charge in [-0.1, -0.05) is 24.3 Å². The molecular weight excluding hydrogens is 367 g/mol. The molecule has 28 heavy (non-hydrogen) atoms. The quantitative estimate of drug-likeness (QED) is 0.473. The summed E-state index contributed by atoms with van der Waals surface area (Å²) < 4.78 is 18.7. The van der Waals surface area contributed by atoms with Gasteiger partial charge >= 0.3 is 5.97 Å². The number of anilines is 1. The monoisotopic (exact) mass is 388 g/mol. The minimum Gasteiger partial charge on any atom is -0.451 e. The number of hydrogen-bond acceptors (Lipinski definition) is 5. The van der Waals surface area contributed by atoms with Crippen molar-refractivity contribution in [3.8, 4) is 0 Å². The molecule has 7 nitrogen and oxygen atoms in total. The first-order valence-corrected chi connectivity index (χ1v) is 9.09. The SMILES string of the molecule is C[C@H](C(=O)O[C@H](C)C(=O)Nc1ccccc1F)N1C(=O)[C@H]2CC=CC[C@H]2C1=O. The minimum atomic E-state index is -1.23. The molecule has 1 aliphatic heterocycles. The van der Waals surface area contributed by atoms with Crippen molar-refractivity contribution in [2.45, 2.75) is 38.8 Å². The van der Waals surface area contributed by atoms with Gasteiger partial charge in [0.15, 0.2) is 6.10 Å². The van der Waals surface area contributed by atoms with Crippen LogP contribution < -0.4 is 5.32 Å². The van der Waals surface area contributed by atoms with Crippen LogP contribution in [-0.4, -0.2) is 40.7 Å². The summed E-state index contributed by atoms with van der Waals surface area (Å²) in [5, 5.41) is 2.34. The van der Waals surface area contributed by atoms with Crippen LogP contribution in [0.5, 0.6) is 0 Å². The standard InChI is InChI=1S/C20H21FN2O5/c1-11(23-18(25)13-7-3-4-8-14(13)19(23)26)20(27)28-12(2)17(24)22-16-10-6-5-9-15(16)21/h3-6,9-14H,7-8H2,1-2H3,(H,22,24)/t11-,12-,13-,14+/m1/s1. The highest BCUT2D eigenvalue weighted by atomic mass is 19.1. The lowest BCUT2D eigenvalue weighted by Crippen LogP contribution is -2.46. The molecule has 148 valence electrons. The average Bonchev–Trinajstić information content (AvgIpc) is 2.93. The number of likely N-dealkylation sites (tertiary alicyclic amines) is 1. The fourth-order valence-corrected chi connectivity index (χ4v) is 3.44. The molecule has 1 aromatic rings. The van der Waals surface area contributed by atoms with Crippen molar-refractivity contribution < 1.29 is 28.3 Å². The Balaban J connectivity index is 1.62. The second kappa shape index (κ2) is 7.92. The number of allylic oxidation sites excluding steroid dienone is 2. The number of nitrogens with zero attached hydrogens (tertiary/aromatic N) is 1. The largest absolute Gasteiger partial charge is 0.451 e. The molecule has 1 heterocycles. The fourth-order valence-electron chi connectivity index (χ4n) is 3.44. The Kier molecular flexibility index (Phi) is 5.58. The molecule has 3 rings (SSSR count). The number of hydrogen-bond donors (Lipinski definition) is 1. The van der Waals surface area contributed by atoms with Crippen LogP contribution in [0.1, 0.15) is 26.7 Å². The Hall–Kier alpha value is -3.03. The molecule has 0 aromatic heterocycles. The molecule has 1 aromatic carbocycles. The normalized spacial score (nSPS) is 23.2. The van der Waals surface area contributed by atoms with Gasteiger partial charge in [0.05, 0.1) is 17.5 Å². The summed E-state index contributed by atoms with van der Waals surface area (Å²) in [6, 6.07) is 4.45. The Morgan fingerprint density at radius 3 is 2.25 bits per heavy atom. The van der Waals surface area contributed by atoms with E-state index in [1.165, 1.54) is 32.0 Å². The van der Waals surface area contributed by atoms with Gasteiger partial charge in [0, 0.05) is 0 Å². The van der Waals surface area contributed by atoms with E-state index in [1.54, 1.807) is 6.07 Å². The Morgan fingerprint density at radius 1 is 1.11 bits per heavy atom. The summed E-state index contributed by atoms with van der Waals surface area (Å²) in [6.07, 6.45) is 3.41. The fraction of sp³-hybridized carbons (Fsp3) is 0.400. The van der Waals surface area contributed by atoms with Crippen LogP contribution in [0.3, 0.4) is 0 Å². The molecule has 1 fully saturated rings. The first kappa shape index (κ1) is 19.7. The number of nitrogens with one attached hydrogen (secondary N) is 1. The van der Waals surface area contributed by atoms with Crippen LogP contribution in [-0.2, 0) is 23.9 Å². The van der Waals surface area contributed by atoms with E-state index in [0.29, 0.717) is 12.8 Å². The Labute approximate surface area is 161 Å². The molecule has 0 spiro atoms. The number of amides is 3. The number of imide groups is 1. The summed E-state index contributed by atoms with van der Waals surface area (Å²) in [7, 11) is 0. The summed E-state index contributed by atoms with van der Waals surface area (Å²) in [4.78, 5) is 50.6. The van der Waals surface area contributed by atoms with Crippen LogP contribution in [0.2, 0.25) is 0 Å². The maximum absolute atomic E-state index is 13.6. The van der Waals surface area contributed by atoms with Gasteiger partial charge in [-0.25, -0.2) is 9.18 Å². The predicted molar refractivity (Wildman–Crippen MR) is 97.3 cm³/mol. The highest BCUT2D eigenvalue weighted by Gasteiger charge is 2.50. The third-order valence-corrected chi connectivity index (χ3v) is 5.06. The van der Waals surface area contributed by atoms with Crippen molar-refractivity contribution in [2.24, 2.45) is 11.8 Å². The van der Waals surface area contributed by atoms with E-state index in [0.717, 1.165) is 4.90 Å². The maximum Gasteiger partial charge on any atom is 0.329 e. The number of fused-ring (bicyclic) bond motifs is 1. The van der Waals surface area contributed by atoms with E-state index in [1.807, 2.05) is 12.2 Å². The second-order valence-corrected chi connectivity index (χ2v) is 6.93. The third-order valence-electron chi connectivity index (χ3n) is 5.06. The summed E-state index contributed by atoms with van der Waals surface area (Å²) in [5.74, 6) is -3.90. The molecule has 1 N–H and O–H groups in total. The highest BCUT2D eigenvalue weighted by molar-refractivity contribution is 6.08. The molecular formula is C20H21FN2O5. The van der Waals surface area contributed by atoms with Crippen molar-refractivity contribution in [2.75, 3.05) is 5.32 Å². The van der Waals surface area contributed by atoms with E-state index in [2.05, 4.69) is 5.32 Å². The van der Waals surface area contributed by atoms with Crippen LogP contribution in [0.25, 0.3) is 0 Å². The van der Waals surface area contributed by atoms with Gasteiger partial charge in [0.1, 0.15) is 11.9 Å². The first-order valence-electron chi connectivity index (χ1n) is 9.09. The smallest absolute Gasteiger partial charge is 0.329 e. The van der Waals surface area contributed by atoms with Gasteiger partial charge in [0.25, 0.3) is 5.91 Å². The number of para-hydroxylation sites is 1. The van der Waals surface area contributed by atoms with E-state index >= 15 is 0 Å². The minimum absolute atomic E-state index is 0.0371. The average molecular weight is 388 g/mol. The van der Waals surface area contributed by atoms with Crippen LogP contribution in [0, 0.1) is 17.7 Å². The lowest BCUT2D eigenvalue weighted by molar-refractivity contribution is -0.163. The molecule has 1 aliphatic carbocycles. The van der Waals surface area contributed by atoms with Crippen LogP contribution in [0.15, 0.2) is 36.4 Å². The Morgan fingerprint density at radius 2 is 1.68 bits per heavy atom. The van der Waals surface area contributed by atoms with Gasteiger partial charge in [-0.05, 0) is 38.8 Å². The van der Waals surface area contributed by atoms with Gasteiger partial charge < -0.3 is 10.1 Å². The Bertz CT molecular complexity index is 827. The van der Waals surface area contributed by atoms with Gasteiger partial charge in [-0.2, -0.15) is 0 Å². The summed E-state index contributed by atoms with van der Waals surface area (Å²) in [5.41, 5.74) is -0.0371. The summed E-state index contributed by atoms with van der Waals surface area (Å²) >= 11 is 0. The van der Waals surface area contributed by atoms with Gasteiger partial charge in [0.2, 0.25) is 11.8 Å². The summed E-state index contributed by atoms with van der Waals surface area (Å²) in [6.45, 7) is 2.72. The molecule has 4 atom stereocenters. The van der Waals surface area contributed by atoms with Gasteiger partial charge in [-0.3, -0.25) is 19.3 Å². The van der Waals surface area contributed by atoms with Crippen molar-refractivity contribution in [3.63, 3.8) is 0 Å². The van der Waals surface area contributed by atoms with Crippen molar-refractivity contribution >= 4 is 29.4 Å². The van der Waals surface area contributed by atoms with Crippen LogP contribution in [0.4, 0.5) is 10.1 Å². The molecule has 1 saturated heterocycles. The van der Waals surface area contributed by atoms with Crippen LogP contribution >= 0.6 is 0 Å². The zero-order valence-corrected chi connectivity index (χ0v) is 15.6. The molecule has 0 radical (unpaired) electrons. The number of esters is 1. The van der Waals surface area contributed by atoms with E-state index in [4.69, 9.17) is 4.74 Å². The number of rotatable bonds is 5. The van der Waals surface area contributed by atoms with E-state index < -0.39 is 53.5 Å². The second-order valence-electron chi connectivity index (χ2n) is 6.93. The predicted octanol–water partition coefficient (Wildman–Crippen LogP) is 2.04. The lowest BCUT2D eigenvalue weighted by Gasteiger charge is -2.23. The molecule has 0 bridgehead atoms. The highest BCUT2D eigenvalue weighted by Crippen LogP contribution is 2.36. The first-order chi connectivity index (χ1) is 13.3. The number of carbonyl (C=O) groups is 4. The number of ether oxygens (including phenoxy) is 1. The van der Waals surface area contributed by atoms with E-state index in [9.17, 15) is 23.6 Å². The zero-order chi connectivity index (χ0) is 20.4. The lowest BCUT2D eigenvalue weighted by atomic mass is 9.85. The number of halogens is 1. The third kappa shape index (κ3) is 3.67. The maximum atomic E-state index is 13.6. The van der Waals surface area contributed by atoms with Crippen molar-refractivity contribution in [1.29, 1.82) is 0 Å². The molecule has 3 amide bonds. The van der Waals surface area contributed by atoms with Crippen molar-refractivity contribution in [1.82, 2.24) is 4.90 Å². The molecule has 0 saturated carbocycles. The van der Waals surface area contributed by atoms with Crippen molar-refractivity contribution in [3.05, 3.63) is 42.2 Å². The molecule has 8 heteroatoms. The zero-order valence-electron chi connectivity index (χ0n) is 15.6. The van der Waals surface area contributed by atoms with E-state index in [-0.39, 0.29) is 5.69 Å². The number of benzene rings is 1. The number of carbonyl (C=O) groups excluding carboxylic acids is 4. The van der Waals surface area contributed by atoms with Gasteiger partial charge in [-0.15, -0.1) is 0 Å². The molecule has 0 unspecified atom stereocenters. The topological polar surface area (TPSA) is 92.8 Å².